The number of rotatable bonds is 7. The Hall–Kier alpha value is -0.100. The van der Waals surface area contributed by atoms with E-state index in [1.165, 1.54) is 0 Å². The summed E-state index contributed by atoms with van der Waals surface area (Å²) in [5.41, 5.74) is 0. The first-order chi connectivity index (χ1) is 7.40. The van der Waals surface area contributed by atoms with Gasteiger partial charge in [-0.15, -0.1) is 0 Å². The molecule has 4 nitrogen and oxygen atoms in total. The van der Waals surface area contributed by atoms with Gasteiger partial charge in [0.1, 0.15) is 9.15 Å². The van der Waals surface area contributed by atoms with Gasteiger partial charge in [0, 0.05) is 0 Å². The molecule has 1 N–H and O–H groups in total. The molecule has 0 aliphatic heterocycles. The average Bonchev–Trinajstić information content (AvgIpc) is 2.24. The second kappa shape index (κ2) is 7.27. The zero-order valence-corrected chi connectivity index (χ0v) is 12.5. The number of halogens is 2. The summed E-state index contributed by atoms with van der Waals surface area (Å²) >= 11 is 6.22. The zero-order chi connectivity index (χ0) is 12.8. The van der Waals surface area contributed by atoms with Crippen LogP contribution < -0.4 is 0 Å². The van der Waals surface area contributed by atoms with Crippen LogP contribution in [0.1, 0.15) is 33.1 Å². The lowest BCUT2D eigenvalue weighted by molar-refractivity contribution is -0.150. The summed E-state index contributed by atoms with van der Waals surface area (Å²) in [4.78, 5) is 21.7. The number of carbonyl (C=O) groups is 2. The average molecular weight is 360 g/mol. The Morgan fingerprint density at radius 3 is 2.31 bits per heavy atom. The van der Waals surface area contributed by atoms with Gasteiger partial charge in [0.05, 0.1) is 6.61 Å². The highest BCUT2D eigenvalue weighted by molar-refractivity contribution is 9.13. The highest BCUT2D eigenvalue weighted by Crippen LogP contribution is 2.34. The minimum absolute atomic E-state index is 0.301. The van der Waals surface area contributed by atoms with Gasteiger partial charge in [0.2, 0.25) is 0 Å². The first kappa shape index (κ1) is 15.9. The van der Waals surface area contributed by atoms with Gasteiger partial charge in [-0.05, 0) is 12.8 Å². The largest absolute Gasteiger partial charge is 0.480 e. The second-order valence-corrected chi connectivity index (χ2v) is 5.78. The number of esters is 1. The summed E-state index contributed by atoms with van der Waals surface area (Å²) in [6.07, 6.45) is 1.79. The molecule has 0 aromatic heterocycles. The zero-order valence-electron chi connectivity index (χ0n) is 9.33. The predicted octanol–water partition coefficient (Wildman–Crippen LogP) is 2.72. The molecule has 6 heteroatoms. The van der Waals surface area contributed by atoms with Crippen LogP contribution in [0.25, 0.3) is 0 Å². The number of ether oxygens (including phenoxy) is 1. The second-order valence-electron chi connectivity index (χ2n) is 3.45. The van der Waals surface area contributed by atoms with Gasteiger partial charge in [-0.1, -0.05) is 52.1 Å². The maximum atomic E-state index is 11.8. The van der Waals surface area contributed by atoms with Crippen molar-refractivity contribution in [2.45, 2.75) is 42.3 Å². The van der Waals surface area contributed by atoms with Crippen LogP contribution in [0.2, 0.25) is 0 Å². The minimum Gasteiger partial charge on any atom is -0.480 e. The van der Waals surface area contributed by atoms with Crippen LogP contribution in [0.4, 0.5) is 0 Å². The topological polar surface area (TPSA) is 63.6 Å². The van der Waals surface area contributed by atoms with E-state index in [9.17, 15) is 9.59 Å². The predicted molar refractivity (Wildman–Crippen MR) is 68.2 cm³/mol. The van der Waals surface area contributed by atoms with E-state index in [-0.39, 0.29) is 0 Å². The summed E-state index contributed by atoms with van der Waals surface area (Å²) in [5.74, 6) is -1.61. The first-order valence-electron chi connectivity index (χ1n) is 5.13. The Labute approximate surface area is 112 Å². The SMILES string of the molecule is CCCOC(=O)C(Br)(CCC)C(Br)C(=O)O. The molecule has 0 saturated heterocycles. The van der Waals surface area contributed by atoms with E-state index in [0.717, 1.165) is 0 Å². The van der Waals surface area contributed by atoms with E-state index in [1.54, 1.807) is 0 Å². The van der Waals surface area contributed by atoms with Gasteiger partial charge in [-0.3, -0.25) is 9.59 Å². The van der Waals surface area contributed by atoms with Crippen LogP contribution >= 0.6 is 31.9 Å². The molecule has 0 radical (unpaired) electrons. The number of hydrogen-bond acceptors (Lipinski definition) is 3. The molecular weight excluding hydrogens is 344 g/mol. The molecule has 94 valence electrons. The highest BCUT2D eigenvalue weighted by atomic mass is 79.9. The molecule has 2 unspecified atom stereocenters. The maximum Gasteiger partial charge on any atom is 0.324 e. The Morgan fingerprint density at radius 2 is 1.94 bits per heavy atom. The summed E-state index contributed by atoms with van der Waals surface area (Å²) in [6.45, 7) is 4.06. The molecule has 0 spiro atoms. The van der Waals surface area contributed by atoms with Gasteiger partial charge in [0.25, 0.3) is 0 Å². The Kier molecular flexibility index (Phi) is 7.22. The van der Waals surface area contributed by atoms with Gasteiger partial charge in [0.15, 0.2) is 0 Å². The van der Waals surface area contributed by atoms with Gasteiger partial charge >= 0.3 is 11.9 Å². The third kappa shape index (κ3) is 4.05. The van der Waals surface area contributed by atoms with Crippen LogP contribution in [-0.4, -0.2) is 32.8 Å². The highest BCUT2D eigenvalue weighted by Gasteiger charge is 2.46. The fraction of sp³-hybridized carbons (Fsp3) is 0.800. The fourth-order valence-electron chi connectivity index (χ4n) is 1.21. The molecule has 0 aromatic rings. The Bertz CT molecular complexity index is 257. The lowest BCUT2D eigenvalue weighted by atomic mass is 9.99. The molecule has 0 fully saturated rings. The number of carboxylic acid groups (broad SMARTS) is 1. The van der Waals surface area contributed by atoms with Crippen LogP contribution in [-0.2, 0) is 14.3 Å². The maximum absolute atomic E-state index is 11.8. The number of carboxylic acids is 1. The quantitative estimate of drug-likeness (QED) is 0.560. The number of alkyl halides is 2. The summed E-state index contributed by atoms with van der Waals surface area (Å²) in [6, 6.07) is 0. The van der Waals surface area contributed by atoms with E-state index in [2.05, 4.69) is 31.9 Å². The molecule has 2 atom stereocenters. The van der Waals surface area contributed by atoms with Crippen LogP contribution in [0.15, 0.2) is 0 Å². The van der Waals surface area contributed by atoms with Crippen molar-refractivity contribution >= 4 is 43.8 Å². The van der Waals surface area contributed by atoms with Crippen molar-refractivity contribution in [2.75, 3.05) is 6.61 Å². The van der Waals surface area contributed by atoms with Crippen molar-refractivity contribution in [2.24, 2.45) is 0 Å². The molecule has 0 aliphatic rings. The normalized spacial score (nSPS) is 16.2. The number of aliphatic carboxylic acids is 1. The lowest BCUT2D eigenvalue weighted by Crippen LogP contribution is -2.46. The van der Waals surface area contributed by atoms with E-state index in [0.29, 0.717) is 25.9 Å². The Balaban J connectivity index is 4.79. The summed E-state index contributed by atoms with van der Waals surface area (Å²) in [5, 5.41) is 8.93. The molecule has 0 aliphatic carbocycles. The standard InChI is InChI=1S/C10H16Br2O4/c1-3-5-10(12,7(11)8(13)14)9(15)16-6-4-2/h7H,3-6H2,1-2H3,(H,13,14). The van der Waals surface area contributed by atoms with E-state index in [4.69, 9.17) is 9.84 Å². The molecule has 0 bridgehead atoms. The number of carbonyl (C=O) groups excluding carboxylic acids is 1. The molecule has 16 heavy (non-hydrogen) atoms. The molecule has 0 rings (SSSR count). The number of hydrogen-bond donors (Lipinski definition) is 1. The molecule has 0 aromatic carbocycles. The van der Waals surface area contributed by atoms with Crippen molar-refractivity contribution < 1.29 is 19.4 Å². The van der Waals surface area contributed by atoms with Crippen molar-refractivity contribution in [1.82, 2.24) is 0 Å². The van der Waals surface area contributed by atoms with Gasteiger partial charge in [-0.2, -0.15) is 0 Å². The van der Waals surface area contributed by atoms with Crippen LogP contribution in [0.5, 0.6) is 0 Å². The molecule has 0 amide bonds. The Morgan fingerprint density at radius 1 is 1.38 bits per heavy atom. The van der Waals surface area contributed by atoms with Gasteiger partial charge in [-0.25, -0.2) is 0 Å². The summed E-state index contributed by atoms with van der Waals surface area (Å²) in [7, 11) is 0. The van der Waals surface area contributed by atoms with Crippen LogP contribution in [0.3, 0.4) is 0 Å². The van der Waals surface area contributed by atoms with E-state index >= 15 is 0 Å². The third-order valence-electron chi connectivity index (χ3n) is 2.01. The lowest BCUT2D eigenvalue weighted by Gasteiger charge is -2.27. The molecular formula is C10H16Br2O4. The smallest absolute Gasteiger partial charge is 0.324 e. The van der Waals surface area contributed by atoms with Crippen molar-refractivity contribution in [3.63, 3.8) is 0 Å². The monoisotopic (exact) mass is 358 g/mol. The van der Waals surface area contributed by atoms with Crippen molar-refractivity contribution in [3.05, 3.63) is 0 Å². The van der Waals surface area contributed by atoms with Crippen molar-refractivity contribution in [3.8, 4) is 0 Å². The molecule has 0 saturated carbocycles. The minimum atomic E-state index is -1.19. The van der Waals surface area contributed by atoms with E-state index < -0.39 is 21.1 Å². The third-order valence-corrected chi connectivity index (χ3v) is 4.97. The fourth-order valence-corrected chi connectivity index (χ4v) is 2.33. The summed E-state index contributed by atoms with van der Waals surface area (Å²) < 4.78 is 3.81. The molecule has 0 heterocycles. The van der Waals surface area contributed by atoms with E-state index in [1.807, 2.05) is 13.8 Å². The van der Waals surface area contributed by atoms with Crippen molar-refractivity contribution in [1.29, 1.82) is 0 Å². The van der Waals surface area contributed by atoms with Crippen LogP contribution in [0, 0.1) is 0 Å². The first-order valence-corrected chi connectivity index (χ1v) is 6.84. The van der Waals surface area contributed by atoms with Gasteiger partial charge < -0.3 is 9.84 Å².